The van der Waals surface area contributed by atoms with E-state index in [0.717, 1.165) is 39.5 Å². The van der Waals surface area contributed by atoms with Gasteiger partial charge in [0.25, 0.3) is 0 Å². The number of carbonyl (C=O) groups is 1. The largest absolute Gasteiger partial charge is 0.495 e. The molecule has 4 rings (SSSR count). The van der Waals surface area contributed by atoms with Gasteiger partial charge in [0.2, 0.25) is 10.0 Å². The lowest BCUT2D eigenvalue weighted by Crippen LogP contribution is -2.44. The summed E-state index contributed by atoms with van der Waals surface area (Å²) in [5.74, 6) is 1.87. The first kappa shape index (κ1) is 26.4. The van der Waals surface area contributed by atoms with Crippen LogP contribution >= 0.6 is 11.8 Å². The molecule has 1 saturated heterocycles. The molecule has 2 aliphatic heterocycles. The predicted molar refractivity (Wildman–Crippen MR) is 152 cm³/mol. The number of nitrogens with one attached hydrogen (secondary N) is 2. The number of hydrogen-bond donors (Lipinski definition) is 2. The van der Waals surface area contributed by atoms with Crippen LogP contribution in [-0.4, -0.2) is 60.5 Å². The molecule has 0 aromatic heterocycles. The number of anilines is 1. The lowest BCUT2D eigenvalue weighted by Gasteiger charge is -2.28. The van der Waals surface area contributed by atoms with Gasteiger partial charge < -0.3 is 10.1 Å². The summed E-state index contributed by atoms with van der Waals surface area (Å²) in [6, 6.07) is 8.72. The van der Waals surface area contributed by atoms with E-state index in [4.69, 9.17) is 4.74 Å². The summed E-state index contributed by atoms with van der Waals surface area (Å²) in [6.07, 6.45) is 0.535. The van der Waals surface area contributed by atoms with Crippen molar-refractivity contribution in [3.8, 4) is 5.75 Å². The number of sulfonamides is 1. The molecule has 0 unspecified atom stereocenters. The number of benzene rings is 2. The minimum Gasteiger partial charge on any atom is -0.495 e. The summed E-state index contributed by atoms with van der Waals surface area (Å²) in [7, 11) is 1.77. The second kappa shape index (κ2) is 10.4. The highest BCUT2D eigenvalue weighted by Gasteiger charge is 2.29. The van der Waals surface area contributed by atoms with E-state index in [1.165, 1.54) is 12.1 Å². The molecule has 2 heterocycles. The van der Waals surface area contributed by atoms with Crippen molar-refractivity contribution in [1.29, 1.82) is 0 Å². The summed E-state index contributed by atoms with van der Waals surface area (Å²) in [4.78, 5) is 12.8. The minimum absolute atomic E-state index is 0.0478. The summed E-state index contributed by atoms with van der Waals surface area (Å²) >= 11 is 1.71. The monoisotopic (exact) mass is 524 g/mol. The van der Waals surface area contributed by atoms with Gasteiger partial charge in [-0.15, -0.1) is 0 Å². The fraction of sp³-hybridized carbons (Fsp3) is 0.333. The molecule has 0 radical (unpaired) electrons. The van der Waals surface area contributed by atoms with Gasteiger partial charge in [0.1, 0.15) is 26.3 Å². The number of ether oxygens (including phenoxy) is 1. The van der Waals surface area contributed by atoms with Gasteiger partial charge in [-0.25, -0.2) is 17.9 Å². The highest BCUT2D eigenvalue weighted by Crippen LogP contribution is 2.31. The molecular weight excluding hydrogens is 494 g/mol. The molecule has 2 aromatic carbocycles. The minimum atomic E-state index is -3.70. The van der Waals surface area contributed by atoms with Crippen molar-refractivity contribution in [3.63, 3.8) is 0 Å². The third-order valence-corrected chi connectivity index (χ3v) is 9.12. The summed E-state index contributed by atoms with van der Waals surface area (Å²) in [5, 5.41) is 8.71. The maximum Gasteiger partial charge on any atom is 0.347 e. The van der Waals surface area contributed by atoms with Gasteiger partial charge in [-0.1, -0.05) is 18.4 Å². The zero-order valence-corrected chi connectivity index (χ0v) is 22.8. The second-order valence-electron chi connectivity index (χ2n) is 9.44. The SMILES string of the molecule is BC(B)C1=NN(c2cc(C)c(Cc3ccc(OC)c(S(=O)(=O)NC4CSC4)c3)c(C)c2)C(=O)NC1=C. The molecule has 8 nitrogen and oxygen atoms in total. The first-order chi connectivity index (χ1) is 17.0. The van der Waals surface area contributed by atoms with Crippen molar-refractivity contribution < 1.29 is 17.9 Å². The summed E-state index contributed by atoms with van der Waals surface area (Å²) in [5.41, 5.74) is 5.90. The predicted octanol–water partition coefficient (Wildman–Crippen LogP) is 1.71. The van der Waals surface area contributed by atoms with Gasteiger partial charge in [-0.05, 0) is 66.8 Å². The molecular formula is C24H30B2N4O4S2. The van der Waals surface area contributed by atoms with Crippen LogP contribution in [0, 0.1) is 13.8 Å². The van der Waals surface area contributed by atoms with Crippen molar-refractivity contribution >= 4 is 54.9 Å². The molecule has 2 N–H and O–H groups in total. The van der Waals surface area contributed by atoms with E-state index in [9.17, 15) is 13.2 Å². The summed E-state index contributed by atoms with van der Waals surface area (Å²) in [6.45, 7) is 7.87. The molecule has 188 valence electrons. The Morgan fingerprint density at radius 3 is 2.47 bits per heavy atom. The standard InChI is InChI=1S/C24H30B2N4O4S2/c1-13-7-18(30-24(31)27-15(3)22(28-30)23(25)26)8-14(2)19(13)9-16-5-6-20(34-4)21(10-16)36(32,33)29-17-11-35-12-17/h5-8,10,17,23,29H,3,9,11-12,25-26H2,1-2,4H3,(H,27,31). The second-order valence-corrected chi connectivity index (χ2v) is 12.2. The van der Waals surface area contributed by atoms with Crippen LogP contribution in [-0.2, 0) is 16.4 Å². The quantitative estimate of drug-likeness (QED) is 0.513. The first-order valence-electron chi connectivity index (χ1n) is 11.8. The van der Waals surface area contributed by atoms with Gasteiger partial charge in [0.15, 0.2) is 0 Å². The van der Waals surface area contributed by atoms with Gasteiger partial charge >= 0.3 is 6.03 Å². The van der Waals surface area contributed by atoms with E-state index in [1.54, 1.807) is 23.9 Å². The Labute approximate surface area is 218 Å². The van der Waals surface area contributed by atoms with E-state index in [2.05, 4.69) is 21.7 Å². The number of aryl methyl sites for hydroxylation is 2. The van der Waals surface area contributed by atoms with Crippen LogP contribution in [0.3, 0.4) is 0 Å². The molecule has 0 atom stereocenters. The van der Waals surface area contributed by atoms with Crippen LogP contribution in [0.2, 0.25) is 5.72 Å². The topological polar surface area (TPSA) is 100 Å². The highest BCUT2D eigenvalue weighted by molar-refractivity contribution is 8.01. The van der Waals surface area contributed by atoms with Crippen LogP contribution in [0.15, 0.2) is 52.6 Å². The van der Waals surface area contributed by atoms with Crippen molar-refractivity contribution in [2.24, 2.45) is 5.10 Å². The van der Waals surface area contributed by atoms with Crippen LogP contribution in [0.5, 0.6) is 5.75 Å². The molecule has 0 spiro atoms. The van der Waals surface area contributed by atoms with Crippen molar-refractivity contribution in [2.75, 3.05) is 23.6 Å². The number of rotatable bonds is 8. The van der Waals surface area contributed by atoms with E-state index >= 15 is 0 Å². The molecule has 2 aliphatic rings. The molecule has 12 heteroatoms. The Morgan fingerprint density at radius 2 is 1.92 bits per heavy atom. The van der Waals surface area contributed by atoms with E-state index < -0.39 is 10.0 Å². The zero-order valence-electron chi connectivity index (χ0n) is 21.2. The summed E-state index contributed by atoms with van der Waals surface area (Å²) < 4.78 is 34.2. The number of amides is 2. The number of carbonyl (C=O) groups excluding carboxylic acids is 1. The van der Waals surface area contributed by atoms with Crippen LogP contribution in [0.25, 0.3) is 0 Å². The van der Waals surface area contributed by atoms with Crippen LogP contribution in [0.1, 0.15) is 22.3 Å². The Kier molecular flexibility index (Phi) is 7.59. The lowest BCUT2D eigenvalue weighted by atomic mass is 9.67. The lowest BCUT2D eigenvalue weighted by molar-refractivity contribution is 0.248. The molecule has 36 heavy (non-hydrogen) atoms. The molecule has 2 amide bonds. The first-order valence-corrected chi connectivity index (χ1v) is 14.4. The smallest absolute Gasteiger partial charge is 0.347 e. The highest BCUT2D eigenvalue weighted by atomic mass is 32.2. The van der Waals surface area contributed by atoms with Gasteiger partial charge in [-0.3, -0.25) is 0 Å². The molecule has 0 aliphatic carbocycles. The average molecular weight is 524 g/mol. The molecule has 2 aromatic rings. The molecule has 1 fully saturated rings. The molecule has 0 bridgehead atoms. The van der Waals surface area contributed by atoms with Gasteiger partial charge in [0.05, 0.1) is 24.2 Å². The van der Waals surface area contributed by atoms with Crippen molar-refractivity contribution in [1.82, 2.24) is 10.0 Å². The third kappa shape index (κ3) is 5.35. The fourth-order valence-corrected chi connectivity index (χ4v) is 6.61. The van der Waals surface area contributed by atoms with Crippen molar-refractivity contribution in [3.05, 3.63) is 64.9 Å². The number of hydrogen-bond acceptors (Lipinski definition) is 6. The van der Waals surface area contributed by atoms with Crippen LogP contribution in [0.4, 0.5) is 10.5 Å². The Hall–Kier alpha value is -2.69. The van der Waals surface area contributed by atoms with Crippen LogP contribution < -0.4 is 19.8 Å². The zero-order chi connectivity index (χ0) is 26.2. The Balaban J connectivity index is 1.65. The third-order valence-electron chi connectivity index (χ3n) is 6.30. The number of allylic oxidation sites excluding steroid dienone is 1. The van der Waals surface area contributed by atoms with E-state index in [0.29, 0.717) is 23.6 Å². The number of methoxy groups -OCH3 is 1. The number of hydrazone groups is 1. The molecule has 0 saturated carbocycles. The van der Waals surface area contributed by atoms with E-state index in [1.807, 2.05) is 47.7 Å². The Bertz CT molecular complexity index is 1330. The maximum atomic E-state index is 13.0. The Morgan fingerprint density at radius 1 is 1.25 bits per heavy atom. The van der Waals surface area contributed by atoms with Crippen molar-refractivity contribution in [2.45, 2.75) is 36.9 Å². The number of urea groups is 1. The fourth-order valence-electron chi connectivity index (χ4n) is 4.30. The number of thioether (sulfide) groups is 1. The van der Waals surface area contributed by atoms with E-state index in [-0.39, 0.29) is 22.7 Å². The van der Waals surface area contributed by atoms with Gasteiger partial charge in [-0.2, -0.15) is 21.9 Å². The van der Waals surface area contributed by atoms with Gasteiger partial charge in [0, 0.05) is 17.5 Å². The number of nitrogens with zero attached hydrogens (tertiary/aromatic N) is 2. The average Bonchev–Trinajstić information content (AvgIpc) is 2.78. The normalized spacial score (nSPS) is 16.6. The maximum absolute atomic E-state index is 13.0.